The van der Waals surface area contributed by atoms with Crippen molar-refractivity contribution in [1.29, 1.82) is 0 Å². The summed E-state index contributed by atoms with van der Waals surface area (Å²) in [5.41, 5.74) is 0. The standard InChI is InChI=1S/C6H9NO3/c8-6-2-1-5(3-6)4-7(9)10/h5H,1-4H2/t5-/m1/s1. The second-order valence-corrected chi connectivity index (χ2v) is 2.66. The number of carbonyl (C=O) groups is 1. The predicted molar refractivity (Wildman–Crippen MR) is 34.2 cm³/mol. The van der Waals surface area contributed by atoms with Crippen molar-refractivity contribution in [2.45, 2.75) is 19.3 Å². The molecule has 0 aromatic heterocycles. The molecule has 0 spiro atoms. The van der Waals surface area contributed by atoms with Crippen LogP contribution in [0.5, 0.6) is 0 Å². The van der Waals surface area contributed by atoms with Crippen molar-refractivity contribution in [3.8, 4) is 0 Å². The van der Waals surface area contributed by atoms with Crippen LogP contribution in [0.1, 0.15) is 19.3 Å². The molecule has 0 aromatic rings. The Labute approximate surface area is 58.4 Å². The molecule has 0 bridgehead atoms. The van der Waals surface area contributed by atoms with Crippen LogP contribution in [-0.4, -0.2) is 17.3 Å². The van der Waals surface area contributed by atoms with Crippen LogP contribution >= 0.6 is 0 Å². The highest BCUT2D eigenvalue weighted by Crippen LogP contribution is 2.21. The fourth-order valence-electron chi connectivity index (χ4n) is 1.26. The molecule has 1 aliphatic carbocycles. The molecule has 1 aliphatic rings. The van der Waals surface area contributed by atoms with Crippen LogP contribution in [0, 0.1) is 16.0 Å². The van der Waals surface area contributed by atoms with E-state index >= 15 is 0 Å². The minimum atomic E-state index is -0.344. The summed E-state index contributed by atoms with van der Waals surface area (Å²) in [6.07, 6.45) is 1.67. The molecular weight excluding hydrogens is 134 g/mol. The SMILES string of the molecule is O=C1CC[C@@H](C[N+](=O)[O-])C1. The van der Waals surface area contributed by atoms with Gasteiger partial charge in [0, 0.05) is 23.7 Å². The summed E-state index contributed by atoms with van der Waals surface area (Å²) in [5, 5.41) is 9.96. The van der Waals surface area contributed by atoms with Gasteiger partial charge in [0.25, 0.3) is 0 Å². The summed E-state index contributed by atoms with van der Waals surface area (Å²) in [6, 6.07) is 0. The average molecular weight is 143 g/mol. The first kappa shape index (κ1) is 7.18. The van der Waals surface area contributed by atoms with Crippen LogP contribution in [0.25, 0.3) is 0 Å². The third-order valence-electron chi connectivity index (χ3n) is 1.76. The Bertz CT molecular complexity index is 166. The number of carbonyl (C=O) groups excluding carboxylic acids is 1. The van der Waals surface area contributed by atoms with Gasteiger partial charge in [-0.05, 0) is 6.42 Å². The van der Waals surface area contributed by atoms with Gasteiger partial charge in [-0.1, -0.05) is 0 Å². The molecule has 1 saturated carbocycles. The third kappa shape index (κ3) is 1.79. The van der Waals surface area contributed by atoms with Gasteiger partial charge in [-0.2, -0.15) is 0 Å². The molecule has 0 N–H and O–H groups in total. The number of hydrogen-bond acceptors (Lipinski definition) is 3. The number of ketones is 1. The van der Waals surface area contributed by atoms with Crippen LogP contribution in [0.3, 0.4) is 0 Å². The van der Waals surface area contributed by atoms with Crippen LogP contribution < -0.4 is 0 Å². The van der Waals surface area contributed by atoms with E-state index in [-0.39, 0.29) is 23.2 Å². The lowest BCUT2D eigenvalue weighted by Crippen LogP contribution is -2.10. The first-order valence-electron chi connectivity index (χ1n) is 3.32. The quantitative estimate of drug-likeness (QED) is 0.420. The van der Waals surface area contributed by atoms with Crippen LogP contribution in [0.2, 0.25) is 0 Å². The summed E-state index contributed by atoms with van der Waals surface area (Å²) in [7, 11) is 0. The summed E-state index contributed by atoms with van der Waals surface area (Å²) < 4.78 is 0. The minimum Gasteiger partial charge on any atom is -0.300 e. The van der Waals surface area contributed by atoms with Gasteiger partial charge in [0.05, 0.1) is 0 Å². The smallest absolute Gasteiger partial charge is 0.207 e. The van der Waals surface area contributed by atoms with Crippen molar-refractivity contribution in [3.05, 3.63) is 10.1 Å². The Balaban J connectivity index is 2.31. The van der Waals surface area contributed by atoms with Crippen LogP contribution in [-0.2, 0) is 4.79 Å². The maximum absolute atomic E-state index is 10.6. The molecule has 0 amide bonds. The van der Waals surface area contributed by atoms with Crippen LogP contribution in [0.15, 0.2) is 0 Å². The largest absolute Gasteiger partial charge is 0.300 e. The van der Waals surface area contributed by atoms with Gasteiger partial charge in [0.15, 0.2) is 0 Å². The van der Waals surface area contributed by atoms with Gasteiger partial charge in [-0.15, -0.1) is 0 Å². The molecule has 0 saturated heterocycles. The Morgan fingerprint density at radius 2 is 2.40 bits per heavy atom. The van der Waals surface area contributed by atoms with Crippen molar-refractivity contribution < 1.29 is 9.72 Å². The van der Waals surface area contributed by atoms with Gasteiger partial charge in [-0.25, -0.2) is 0 Å². The van der Waals surface area contributed by atoms with E-state index in [9.17, 15) is 14.9 Å². The molecule has 0 aliphatic heterocycles. The molecule has 1 fully saturated rings. The molecule has 4 nitrogen and oxygen atoms in total. The van der Waals surface area contributed by atoms with Gasteiger partial charge in [0.1, 0.15) is 5.78 Å². The Hall–Kier alpha value is -0.930. The lowest BCUT2D eigenvalue weighted by molar-refractivity contribution is -0.487. The molecule has 4 heteroatoms. The maximum atomic E-state index is 10.6. The molecular formula is C6H9NO3. The molecule has 56 valence electrons. The van der Waals surface area contributed by atoms with Crippen molar-refractivity contribution in [2.75, 3.05) is 6.54 Å². The first-order valence-corrected chi connectivity index (χ1v) is 3.32. The molecule has 0 unspecified atom stereocenters. The first-order chi connectivity index (χ1) is 4.68. The number of hydrogen-bond donors (Lipinski definition) is 0. The number of Topliss-reactive ketones (excluding diaryl/α,β-unsaturated/α-hetero) is 1. The van der Waals surface area contributed by atoms with E-state index in [4.69, 9.17) is 0 Å². The van der Waals surface area contributed by atoms with E-state index in [1.54, 1.807) is 0 Å². The van der Waals surface area contributed by atoms with Crippen molar-refractivity contribution in [1.82, 2.24) is 0 Å². The molecule has 0 aromatic carbocycles. The van der Waals surface area contributed by atoms with Gasteiger partial charge < -0.3 is 0 Å². The summed E-state index contributed by atoms with van der Waals surface area (Å²) in [6.45, 7) is -0.0360. The molecule has 0 heterocycles. The highest BCUT2D eigenvalue weighted by Gasteiger charge is 2.25. The monoisotopic (exact) mass is 143 g/mol. The average Bonchev–Trinajstić information content (AvgIpc) is 2.13. The van der Waals surface area contributed by atoms with Crippen LogP contribution in [0.4, 0.5) is 0 Å². The highest BCUT2D eigenvalue weighted by molar-refractivity contribution is 5.80. The number of rotatable bonds is 2. The molecule has 1 rings (SSSR count). The summed E-state index contributed by atoms with van der Waals surface area (Å²) in [4.78, 5) is 20.2. The summed E-state index contributed by atoms with van der Waals surface area (Å²) >= 11 is 0. The zero-order chi connectivity index (χ0) is 7.56. The molecule has 0 radical (unpaired) electrons. The third-order valence-corrected chi connectivity index (χ3v) is 1.76. The second kappa shape index (κ2) is 2.77. The van der Waals surface area contributed by atoms with Gasteiger partial charge in [-0.3, -0.25) is 14.9 Å². The molecule has 1 atom stereocenters. The van der Waals surface area contributed by atoms with Gasteiger partial charge in [0.2, 0.25) is 6.54 Å². The maximum Gasteiger partial charge on any atom is 0.207 e. The van der Waals surface area contributed by atoms with Crippen molar-refractivity contribution in [2.24, 2.45) is 5.92 Å². The fourth-order valence-corrected chi connectivity index (χ4v) is 1.26. The van der Waals surface area contributed by atoms with Crippen molar-refractivity contribution in [3.63, 3.8) is 0 Å². The minimum absolute atomic E-state index is 0.0162. The van der Waals surface area contributed by atoms with E-state index in [1.807, 2.05) is 0 Å². The Morgan fingerprint density at radius 3 is 2.80 bits per heavy atom. The second-order valence-electron chi connectivity index (χ2n) is 2.66. The fraction of sp³-hybridized carbons (Fsp3) is 0.833. The van der Waals surface area contributed by atoms with E-state index in [0.29, 0.717) is 19.3 Å². The summed E-state index contributed by atoms with van der Waals surface area (Å²) in [5.74, 6) is 0.189. The van der Waals surface area contributed by atoms with E-state index < -0.39 is 0 Å². The predicted octanol–water partition coefficient (Wildman–Crippen LogP) is 0.632. The Kier molecular flexibility index (Phi) is 1.99. The Morgan fingerprint density at radius 1 is 1.70 bits per heavy atom. The number of nitro groups is 1. The zero-order valence-electron chi connectivity index (χ0n) is 5.58. The van der Waals surface area contributed by atoms with E-state index in [2.05, 4.69) is 0 Å². The van der Waals surface area contributed by atoms with E-state index in [0.717, 1.165) is 0 Å². The number of nitrogens with zero attached hydrogens (tertiary/aromatic N) is 1. The topological polar surface area (TPSA) is 60.2 Å². The normalized spacial score (nSPS) is 25.2. The molecule has 10 heavy (non-hydrogen) atoms. The highest BCUT2D eigenvalue weighted by atomic mass is 16.6. The zero-order valence-corrected chi connectivity index (χ0v) is 5.58. The lowest BCUT2D eigenvalue weighted by Gasteiger charge is -1.98. The van der Waals surface area contributed by atoms with Crippen molar-refractivity contribution >= 4 is 5.78 Å². The lowest BCUT2D eigenvalue weighted by atomic mass is 10.1. The van der Waals surface area contributed by atoms with Gasteiger partial charge >= 0.3 is 0 Å². The van der Waals surface area contributed by atoms with E-state index in [1.165, 1.54) is 0 Å².